The van der Waals surface area contributed by atoms with Crippen LogP contribution in [0.25, 0.3) is 0 Å². The molecule has 3 rings (SSSR count). The van der Waals surface area contributed by atoms with Gasteiger partial charge in [0, 0.05) is 29.9 Å². The van der Waals surface area contributed by atoms with Crippen molar-refractivity contribution >= 4 is 0 Å². The summed E-state index contributed by atoms with van der Waals surface area (Å²) in [4.78, 5) is 3.77. The minimum absolute atomic E-state index is 0.201. The van der Waals surface area contributed by atoms with Gasteiger partial charge in [0.25, 0.3) is 0 Å². The number of hydrogen-bond donors (Lipinski definition) is 1. The topological polar surface area (TPSA) is 34.1 Å². The number of nitrogens with zero attached hydrogens (tertiary/aromatic N) is 1. The predicted molar refractivity (Wildman–Crippen MR) is 74.8 cm³/mol. The molecule has 0 unspecified atom stereocenters. The lowest BCUT2D eigenvalue weighted by Gasteiger charge is -2.12. The van der Waals surface area contributed by atoms with Gasteiger partial charge in [0.2, 0.25) is 0 Å². The summed E-state index contributed by atoms with van der Waals surface area (Å²) in [7, 11) is 0. The quantitative estimate of drug-likeness (QED) is 0.887. The summed E-state index contributed by atoms with van der Waals surface area (Å²) < 4.78 is 32.1. The number of pyridine rings is 1. The monoisotopic (exact) mass is 290 g/mol. The van der Waals surface area contributed by atoms with Gasteiger partial charge in [0.05, 0.1) is 6.20 Å². The van der Waals surface area contributed by atoms with E-state index in [0.717, 1.165) is 11.8 Å². The molecule has 2 aromatic rings. The van der Waals surface area contributed by atoms with Crippen LogP contribution in [0.2, 0.25) is 0 Å². The summed E-state index contributed by atoms with van der Waals surface area (Å²) >= 11 is 0. The van der Waals surface area contributed by atoms with E-state index in [1.54, 1.807) is 12.3 Å². The maximum absolute atomic E-state index is 13.4. The highest BCUT2D eigenvalue weighted by atomic mass is 19.1. The van der Waals surface area contributed by atoms with Gasteiger partial charge < -0.3 is 10.1 Å². The highest BCUT2D eigenvalue weighted by molar-refractivity contribution is 5.34. The number of benzene rings is 1. The van der Waals surface area contributed by atoms with Crippen LogP contribution >= 0.6 is 0 Å². The Balaban J connectivity index is 1.68. The number of aromatic nitrogens is 1. The summed E-state index contributed by atoms with van der Waals surface area (Å²) in [5.74, 6) is -0.0815. The molecule has 1 heterocycles. The zero-order valence-electron chi connectivity index (χ0n) is 11.5. The van der Waals surface area contributed by atoms with Gasteiger partial charge in [0.15, 0.2) is 0 Å². The SMILES string of the molecule is Fc1cncc(COc2ccc(F)cc2CNC2CC2)c1. The van der Waals surface area contributed by atoms with Gasteiger partial charge in [-0.05, 0) is 37.1 Å². The Labute approximate surface area is 122 Å². The molecule has 0 radical (unpaired) electrons. The highest BCUT2D eigenvalue weighted by Crippen LogP contribution is 2.24. The predicted octanol–water partition coefficient (Wildman–Crippen LogP) is 3.19. The van der Waals surface area contributed by atoms with Gasteiger partial charge >= 0.3 is 0 Å². The molecule has 21 heavy (non-hydrogen) atoms. The van der Waals surface area contributed by atoms with Crippen molar-refractivity contribution in [2.24, 2.45) is 0 Å². The van der Waals surface area contributed by atoms with Crippen LogP contribution in [0.3, 0.4) is 0 Å². The lowest BCUT2D eigenvalue weighted by molar-refractivity contribution is 0.300. The van der Waals surface area contributed by atoms with E-state index in [-0.39, 0.29) is 12.4 Å². The third-order valence-corrected chi connectivity index (χ3v) is 3.34. The van der Waals surface area contributed by atoms with Crippen molar-refractivity contribution in [1.29, 1.82) is 0 Å². The second-order valence-corrected chi connectivity index (χ2v) is 5.21. The van der Waals surface area contributed by atoms with Crippen LogP contribution in [-0.4, -0.2) is 11.0 Å². The van der Waals surface area contributed by atoms with E-state index in [1.807, 2.05) is 0 Å². The molecule has 1 aliphatic carbocycles. The van der Waals surface area contributed by atoms with E-state index in [4.69, 9.17) is 4.74 Å². The van der Waals surface area contributed by atoms with Gasteiger partial charge in [-0.3, -0.25) is 4.98 Å². The van der Waals surface area contributed by atoms with Crippen LogP contribution in [0.5, 0.6) is 5.75 Å². The maximum Gasteiger partial charge on any atom is 0.141 e. The first kappa shape index (κ1) is 13.9. The molecule has 1 N–H and O–H groups in total. The molecule has 110 valence electrons. The Kier molecular flexibility index (Phi) is 4.10. The largest absolute Gasteiger partial charge is 0.489 e. The van der Waals surface area contributed by atoms with E-state index >= 15 is 0 Å². The molecule has 5 heteroatoms. The maximum atomic E-state index is 13.4. The van der Waals surface area contributed by atoms with E-state index in [0.29, 0.717) is 23.9 Å². The Morgan fingerprint density at radius 2 is 2.00 bits per heavy atom. The molecule has 0 saturated heterocycles. The molecule has 1 aromatic carbocycles. The van der Waals surface area contributed by atoms with Gasteiger partial charge in [-0.2, -0.15) is 0 Å². The third-order valence-electron chi connectivity index (χ3n) is 3.34. The molecule has 0 bridgehead atoms. The van der Waals surface area contributed by atoms with E-state index in [1.165, 1.54) is 31.0 Å². The van der Waals surface area contributed by atoms with Crippen molar-refractivity contribution in [3.05, 3.63) is 59.4 Å². The van der Waals surface area contributed by atoms with Crippen molar-refractivity contribution in [1.82, 2.24) is 10.3 Å². The normalized spacial score (nSPS) is 14.2. The minimum atomic E-state index is -0.397. The number of rotatable bonds is 6. The van der Waals surface area contributed by atoms with E-state index in [2.05, 4.69) is 10.3 Å². The summed E-state index contributed by atoms with van der Waals surface area (Å²) in [6, 6.07) is 6.34. The van der Waals surface area contributed by atoms with Crippen LogP contribution in [0, 0.1) is 11.6 Å². The van der Waals surface area contributed by atoms with Crippen molar-refractivity contribution in [2.45, 2.75) is 32.0 Å². The second-order valence-electron chi connectivity index (χ2n) is 5.21. The van der Waals surface area contributed by atoms with Crippen LogP contribution in [0.1, 0.15) is 24.0 Å². The molecule has 3 nitrogen and oxygen atoms in total. The molecule has 0 aliphatic heterocycles. The first-order chi connectivity index (χ1) is 10.2. The van der Waals surface area contributed by atoms with Crippen molar-refractivity contribution in [3.63, 3.8) is 0 Å². The average Bonchev–Trinajstić information content (AvgIpc) is 3.28. The number of nitrogens with one attached hydrogen (secondary N) is 1. The lowest BCUT2D eigenvalue weighted by Crippen LogP contribution is -2.16. The van der Waals surface area contributed by atoms with Crippen LogP contribution in [-0.2, 0) is 13.2 Å². The van der Waals surface area contributed by atoms with Gasteiger partial charge in [-0.15, -0.1) is 0 Å². The molecule has 1 aliphatic rings. The number of hydrogen-bond acceptors (Lipinski definition) is 3. The molecule has 0 atom stereocenters. The molecule has 1 saturated carbocycles. The minimum Gasteiger partial charge on any atom is -0.489 e. The molecule has 0 amide bonds. The number of halogens is 2. The first-order valence-electron chi connectivity index (χ1n) is 6.95. The van der Waals surface area contributed by atoms with Gasteiger partial charge in [0.1, 0.15) is 24.0 Å². The summed E-state index contributed by atoms with van der Waals surface area (Å²) in [6.45, 7) is 0.770. The number of ether oxygens (including phenoxy) is 1. The van der Waals surface area contributed by atoms with Crippen LogP contribution < -0.4 is 10.1 Å². The molecule has 0 spiro atoms. The van der Waals surface area contributed by atoms with Crippen LogP contribution in [0.15, 0.2) is 36.7 Å². The Hall–Kier alpha value is -2.01. The summed E-state index contributed by atoms with van der Waals surface area (Å²) in [6.07, 6.45) is 5.03. The average molecular weight is 290 g/mol. The van der Waals surface area contributed by atoms with Crippen molar-refractivity contribution in [2.75, 3.05) is 0 Å². The van der Waals surface area contributed by atoms with Crippen LogP contribution in [0.4, 0.5) is 8.78 Å². The fourth-order valence-electron chi connectivity index (χ4n) is 2.06. The second kappa shape index (κ2) is 6.18. The van der Waals surface area contributed by atoms with Crippen molar-refractivity contribution in [3.8, 4) is 5.75 Å². The summed E-state index contributed by atoms with van der Waals surface area (Å²) in [5.41, 5.74) is 1.41. The molecule has 1 fully saturated rings. The molecular formula is C16H16F2N2O. The van der Waals surface area contributed by atoms with Crippen molar-refractivity contribution < 1.29 is 13.5 Å². The zero-order chi connectivity index (χ0) is 14.7. The highest BCUT2D eigenvalue weighted by Gasteiger charge is 2.20. The fraction of sp³-hybridized carbons (Fsp3) is 0.312. The van der Waals surface area contributed by atoms with E-state index < -0.39 is 5.82 Å². The Morgan fingerprint density at radius 1 is 1.14 bits per heavy atom. The van der Waals surface area contributed by atoms with Gasteiger partial charge in [-0.1, -0.05) is 0 Å². The smallest absolute Gasteiger partial charge is 0.141 e. The first-order valence-corrected chi connectivity index (χ1v) is 6.95. The molecule has 1 aromatic heterocycles. The standard InChI is InChI=1S/C16H16F2N2O/c17-13-1-4-16(12(6-13)8-20-15-2-3-15)21-10-11-5-14(18)9-19-7-11/h1,4-7,9,15,20H,2-3,8,10H2. The molecular weight excluding hydrogens is 274 g/mol. The van der Waals surface area contributed by atoms with E-state index in [9.17, 15) is 8.78 Å². The zero-order valence-corrected chi connectivity index (χ0v) is 11.5. The lowest BCUT2D eigenvalue weighted by atomic mass is 10.2. The Bertz CT molecular complexity index is 629. The Morgan fingerprint density at radius 3 is 2.76 bits per heavy atom. The third kappa shape index (κ3) is 3.98. The summed E-state index contributed by atoms with van der Waals surface area (Å²) in [5, 5.41) is 3.33. The van der Waals surface area contributed by atoms with Gasteiger partial charge in [-0.25, -0.2) is 8.78 Å². The fourth-order valence-corrected chi connectivity index (χ4v) is 2.06.